The maximum Gasteiger partial charge on any atom is 0.330 e. The van der Waals surface area contributed by atoms with Gasteiger partial charge in [-0.1, -0.05) is 12.8 Å². The fraction of sp³-hybridized carbons (Fsp3) is 0.636. The van der Waals surface area contributed by atoms with E-state index >= 15 is 0 Å². The van der Waals surface area contributed by atoms with Gasteiger partial charge in [0.1, 0.15) is 5.69 Å². The Hall–Kier alpha value is -1.52. The Morgan fingerprint density at radius 3 is 2.62 bits per heavy atom. The van der Waals surface area contributed by atoms with Crippen LogP contribution >= 0.6 is 0 Å². The molecule has 0 spiro atoms. The van der Waals surface area contributed by atoms with Crippen molar-refractivity contribution in [2.75, 3.05) is 5.73 Å². The Balaban J connectivity index is 2.39. The van der Waals surface area contributed by atoms with Crippen LogP contribution in [0.3, 0.4) is 0 Å². The smallest absolute Gasteiger partial charge is 0.330 e. The molecule has 16 heavy (non-hydrogen) atoms. The first-order valence-corrected chi connectivity index (χ1v) is 5.65. The third-order valence-corrected chi connectivity index (χ3v) is 3.27. The molecule has 1 aromatic rings. The minimum atomic E-state index is -0.352. The average Bonchev–Trinajstić information content (AvgIpc) is 2.74. The SMILES string of the molecule is Cn1cc(N)c(=O)n(CC2CCCC2)c1=O. The van der Waals surface area contributed by atoms with Gasteiger partial charge in [-0.05, 0) is 18.8 Å². The number of nitrogens with zero attached hydrogens (tertiary/aromatic N) is 2. The summed E-state index contributed by atoms with van der Waals surface area (Å²) in [4.78, 5) is 23.6. The molecule has 5 heteroatoms. The van der Waals surface area contributed by atoms with Crippen LogP contribution in [0.5, 0.6) is 0 Å². The van der Waals surface area contributed by atoms with Gasteiger partial charge < -0.3 is 10.3 Å². The largest absolute Gasteiger partial charge is 0.393 e. The summed E-state index contributed by atoms with van der Waals surface area (Å²) in [5, 5.41) is 0. The van der Waals surface area contributed by atoms with Gasteiger partial charge in [0.15, 0.2) is 0 Å². The Labute approximate surface area is 93.5 Å². The molecule has 0 aromatic carbocycles. The van der Waals surface area contributed by atoms with Crippen molar-refractivity contribution in [3.8, 4) is 0 Å². The summed E-state index contributed by atoms with van der Waals surface area (Å²) in [5.74, 6) is 0.451. The lowest BCUT2D eigenvalue weighted by Crippen LogP contribution is -2.41. The highest BCUT2D eigenvalue weighted by Crippen LogP contribution is 2.25. The molecule has 2 N–H and O–H groups in total. The molecule has 0 unspecified atom stereocenters. The highest BCUT2D eigenvalue weighted by Gasteiger charge is 2.18. The van der Waals surface area contributed by atoms with E-state index in [-0.39, 0.29) is 16.9 Å². The molecule has 0 bridgehead atoms. The third kappa shape index (κ3) is 1.89. The first kappa shape index (κ1) is 11.0. The molecule has 0 amide bonds. The molecule has 2 rings (SSSR count). The highest BCUT2D eigenvalue weighted by molar-refractivity contribution is 5.30. The maximum atomic E-state index is 11.8. The van der Waals surface area contributed by atoms with Gasteiger partial charge >= 0.3 is 5.69 Å². The second-order valence-electron chi connectivity index (χ2n) is 4.54. The summed E-state index contributed by atoms with van der Waals surface area (Å²) in [5.41, 5.74) is 5.09. The van der Waals surface area contributed by atoms with Crippen LogP contribution in [0.2, 0.25) is 0 Å². The van der Waals surface area contributed by atoms with Crippen molar-refractivity contribution < 1.29 is 0 Å². The zero-order chi connectivity index (χ0) is 11.7. The van der Waals surface area contributed by atoms with Crippen molar-refractivity contribution in [2.24, 2.45) is 13.0 Å². The van der Waals surface area contributed by atoms with E-state index in [0.29, 0.717) is 12.5 Å². The molecule has 1 saturated carbocycles. The molecule has 0 atom stereocenters. The summed E-state index contributed by atoms with van der Waals surface area (Å²) >= 11 is 0. The predicted molar refractivity (Wildman–Crippen MR) is 62.3 cm³/mol. The highest BCUT2D eigenvalue weighted by atomic mass is 16.2. The fourth-order valence-corrected chi connectivity index (χ4v) is 2.36. The van der Waals surface area contributed by atoms with E-state index in [1.165, 1.54) is 28.2 Å². The summed E-state index contributed by atoms with van der Waals surface area (Å²) in [6.07, 6.45) is 5.98. The van der Waals surface area contributed by atoms with E-state index in [1.54, 1.807) is 7.05 Å². The maximum absolute atomic E-state index is 11.8. The first-order chi connectivity index (χ1) is 7.59. The number of hydrogen-bond donors (Lipinski definition) is 1. The number of aromatic nitrogens is 2. The van der Waals surface area contributed by atoms with Gasteiger partial charge in [-0.15, -0.1) is 0 Å². The first-order valence-electron chi connectivity index (χ1n) is 5.65. The van der Waals surface area contributed by atoms with E-state index < -0.39 is 0 Å². The second-order valence-corrected chi connectivity index (χ2v) is 4.54. The molecule has 88 valence electrons. The van der Waals surface area contributed by atoms with E-state index in [1.807, 2.05) is 0 Å². The summed E-state index contributed by atoms with van der Waals surface area (Å²) in [6, 6.07) is 0. The molecule has 1 aliphatic rings. The topological polar surface area (TPSA) is 70.0 Å². The number of hydrogen-bond acceptors (Lipinski definition) is 3. The summed E-state index contributed by atoms with van der Waals surface area (Å²) in [6.45, 7) is 0.510. The van der Waals surface area contributed by atoms with Crippen molar-refractivity contribution in [1.82, 2.24) is 9.13 Å². The molecule has 0 saturated heterocycles. The normalized spacial score (nSPS) is 16.8. The molecule has 1 heterocycles. The van der Waals surface area contributed by atoms with Gasteiger partial charge in [-0.25, -0.2) is 4.79 Å². The number of nitrogen functional groups attached to an aromatic ring is 1. The van der Waals surface area contributed by atoms with Crippen LogP contribution in [0.4, 0.5) is 5.69 Å². The predicted octanol–water partition coefficient (Wildman–Crippen LogP) is 0.319. The fourth-order valence-electron chi connectivity index (χ4n) is 2.36. The van der Waals surface area contributed by atoms with Crippen molar-refractivity contribution in [3.63, 3.8) is 0 Å². The monoisotopic (exact) mass is 223 g/mol. The second kappa shape index (κ2) is 4.15. The Bertz CT molecular complexity index is 461. The lowest BCUT2D eigenvalue weighted by molar-refractivity contribution is 0.429. The van der Waals surface area contributed by atoms with Crippen molar-refractivity contribution in [2.45, 2.75) is 32.2 Å². The van der Waals surface area contributed by atoms with Crippen LogP contribution in [0.15, 0.2) is 15.8 Å². The van der Waals surface area contributed by atoms with Crippen LogP contribution < -0.4 is 17.0 Å². The molecular formula is C11H17N3O2. The molecular weight excluding hydrogens is 206 g/mol. The molecule has 0 aliphatic heterocycles. The third-order valence-electron chi connectivity index (χ3n) is 3.27. The van der Waals surface area contributed by atoms with Crippen LogP contribution in [0.1, 0.15) is 25.7 Å². The van der Waals surface area contributed by atoms with Gasteiger partial charge in [0.25, 0.3) is 5.56 Å². The summed E-state index contributed by atoms with van der Waals surface area (Å²) in [7, 11) is 1.61. The molecule has 5 nitrogen and oxygen atoms in total. The quantitative estimate of drug-likeness (QED) is 0.785. The van der Waals surface area contributed by atoms with Crippen LogP contribution in [-0.4, -0.2) is 9.13 Å². The number of rotatable bonds is 2. The van der Waals surface area contributed by atoms with Crippen molar-refractivity contribution in [3.05, 3.63) is 27.0 Å². The standard InChI is InChI=1S/C11H17N3O2/c1-13-7-9(12)10(15)14(11(13)16)6-8-4-2-3-5-8/h7-8H,2-6,12H2,1H3. The average molecular weight is 223 g/mol. The molecule has 1 aromatic heterocycles. The Morgan fingerprint density at radius 2 is 2.00 bits per heavy atom. The number of nitrogens with two attached hydrogens (primary N) is 1. The zero-order valence-corrected chi connectivity index (χ0v) is 9.48. The van der Waals surface area contributed by atoms with Crippen molar-refractivity contribution in [1.29, 1.82) is 0 Å². The minimum absolute atomic E-state index is 0.139. The van der Waals surface area contributed by atoms with Gasteiger partial charge in [-0.2, -0.15) is 0 Å². The van der Waals surface area contributed by atoms with E-state index in [4.69, 9.17) is 5.73 Å². The lowest BCUT2D eigenvalue weighted by atomic mass is 10.1. The van der Waals surface area contributed by atoms with Crippen LogP contribution in [0.25, 0.3) is 0 Å². The van der Waals surface area contributed by atoms with Gasteiger partial charge in [0.05, 0.1) is 0 Å². The summed E-state index contributed by atoms with van der Waals surface area (Å²) < 4.78 is 2.64. The molecule has 1 fully saturated rings. The Morgan fingerprint density at radius 1 is 1.38 bits per heavy atom. The Kier molecular flexibility index (Phi) is 2.85. The zero-order valence-electron chi connectivity index (χ0n) is 9.48. The number of anilines is 1. The van der Waals surface area contributed by atoms with Gasteiger partial charge in [0.2, 0.25) is 0 Å². The molecule has 0 radical (unpaired) electrons. The van der Waals surface area contributed by atoms with Crippen molar-refractivity contribution >= 4 is 5.69 Å². The van der Waals surface area contributed by atoms with Crippen LogP contribution in [0, 0.1) is 5.92 Å². The van der Waals surface area contributed by atoms with E-state index in [9.17, 15) is 9.59 Å². The molecule has 1 aliphatic carbocycles. The van der Waals surface area contributed by atoms with E-state index in [0.717, 1.165) is 12.8 Å². The van der Waals surface area contributed by atoms with E-state index in [2.05, 4.69) is 0 Å². The lowest BCUT2D eigenvalue weighted by Gasteiger charge is -2.12. The van der Waals surface area contributed by atoms with Gasteiger partial charge in [0, 0.05) is 19.8 Å². The van der Waals surface area contributed by atoms with Gasteiger partial charge in [-0.3, -0.25) is 9.36 Å². The number of aryl methyl sites for hydroxylation is 1. The minimum Gasteiger partial charge on any atom is -0.393 e. The van der Waals surface area contributed by atoms with Crippen LogP contribution in [-0.2, 0) is 13.6 Å².